The number of carbonyl (C=O) groups is 1. The Morgan fingerprint density at radius 3 is 2.78 bits per heavy atom. The molecule has 0 fully saturated rings. The summed E-state index contributed by atoms with van der Waals surface area (Å²) in [5, 5.41) is 2.50. The summed E-state index contributed by atoms with van der Waals surface area (Å²) in [4.78, 5) is 10.3. The second kappa shape index (κ2) is 8.17. The number of rotatable bonds is 3. The van der Waals surface area contributed by atoms with E-state index in [0.717, 1.165) is 0 Å². The molecule has 48 valence electrons. The zero-order valence-electron chi connectivity index (χ0n) is 6.68. The van der Waals surface area contributed by atoms with Crippen molar-refractivity contribution in [3.63, 3.8) is 0 Å². The number of hydrogen-bond acceptors (Lipinski definition) is 2. The van der Waals surface area contributed by atoms with Crippen molar-refractivity contribution >= 4 is 5.91 Å². The van der Waals surface area contributed by atoms with Crippen LogP contribution in [-0.2, 0) is 4.79 Å². The first-order valence-corrected chi connectivity index (χ1v) is 2.39. The molecule has 0 aromatic carbocycles. The molecular formula is C5H11N2NaO. The van der Waals surface area contributed by atoms with Gasteiger partial charge in [-0.25, -0.2) is 0 Å². The number of hydrogen-bond donors (Lipinski definition) is 2. The SMILES string of the molecule is C=CCNC(=O)CN.[H-].[Na+]. The summed E-state index contributed by atoms with van der Waals surface area (Å²) in [5.41, 5.74) is 4.97. The second-order valence-electron chi connectivity index (χ2n) is 1.30. The van der Waals surface area contributed by atoms with Gasteiger partial charge >= 0.3 is 29.6 Å². The standard InChI is InChI=1S/C5H10N2O.Na.H/c1-2-3-7-5(8)4-6;;/h2H,1,3-4,6H2,(H,7,8);;/q;+1;-1. The molecule has 0 spiro atoms. The third kappa shape index (κ3) is 8.17. The molecule has 0 saturated heterocycles. The van der Waals surface area contributed by atoms with Crippen LogP contribution < -0.4 is 40.6 Å². The van der Waals surface area contributed by atoms with Crippen molar-refractivity contribution in [1.82, 2.24) is 5.32 Å². The van der Waals surface area contributed by atoms with Crippen LogP contribution in [0.2, 0.25) is 0 Å². The topological polar surface area (TPSA) is 55.1 Å². The van der Waals surface area contributed by atoms with E-state index in [4.69, 9.17) is 5.73 Å². The minimum Gasteiger partial charge on any atom is -1.00 e. The molecule has 0 aliphatic carbocycles. The average molecular weight is 138 g/mol. The van der Waals surface area contributed by atoms with E-state index in [0.29, 0.717) is 6.54 Å². The first-order chi connectivity index (χ1) is 3.81. The van der Waals surface area contributed by atoms with Crippen molar-refractivity contribution in [2.45, 2.75) is 0 Å². The summed E-state index contributed by atoms with van der Waals surface area (Å²) in [5.74, 6) is -0.148. The Morgan fingerprint density at radius 1 is 1.89 bits per heavy atom. The maximum absolute atomic E-state index is 10.3. The van der Waals surface area contributed by atoms with E-state index in [-0.39, 0.29) is 43.4 Å². The van der Waals surface area contributed by atoms with E-state index < -0.39 is 0 Å². The molecule has 0 aromatic heterocycles. The summed E-state index contributed by atoms with van der Waals surface area (Å²) in [6.45, 7) is 3.96. The van der Waals surface area contributed by atoms with Crippen LogP contribution in [0.5, 0.6) is 0 Å². The number of nitrogens with one attached hydrogen (secondary N) is 1. The number of nitrogens with two attached hydrogens (primary N) is 1. The Morgan fingerprint density at radius 2 is 2.44 bits per heavy atom. The summed E-state index contributed by atoms with van der Waals surface area (Å²) in [7, 11) is 0. The first-order valence-electron chi connectivity index (χ1n) is 2.39. The normalized spacial score (nSPS) is 7.22. The van der Waals surface area contributed by atoms with Gasteiger partial charge in [0, 0.05) is 6.54 Å². The van der Waals surface area contributed by atoms with Gasteiger partial charge in [-0.1, -0.05) is 6.08 Å². The molecule has 0 rings (SSSR count). The Balaban J connectivity index is -0.000000245. The number of amides is 1. The molecule has 0 heterocycles. The van der Waals surface area contributed by atoms with Crippen LogP contribution in [-0.4, -0.2) is 19.0 Å². The Kier molecular flexibility index (Phi) is 10.8. The van der Waals surface area contributed by atoms with Gasteiger partial charge in [-0.15, -0.1) is 6.58 Å². The molecule has 0 aromatic rings. The van der Waals surface area contributed by atoms with Gasteiger partial charge in [0.15, 0.2) is 0 Å². The molecular weight excluding hydrogens is 127 g/mol. The average Bonchev–Trinajstić information content (AvgIpc) is 1.83. The number of carbonyl (C=O) groups excluding carboxylic acids is 1. The zero-order chi connectivity index (χ0) is 6.41. The molecule has 1 amide bonds. The minimum atomic E-state index is -0.148. The van der Waals surface area contributed by atoms with Crippen molar-refractivity contribution in [2.75, 3.05) is 13.1 Å². The third-order valence-corrected chi connectivity index (χ3v) is 0.629. The quantitative estimate of drug-likeness (QED) is 0.312. The maximum atomic E-state index is 10.3. The van der Waals surface area contributed by atoms with Gasteiger partial charge in [0.05, 0.1) is 6.54 Å². The van der Waals surface area contributed by atoms with Crippen molar-refractivity contribution in [3.05, 3.63) is 12.7 Å². The largest absolute Gasteiger partial charge is 1.00 e. The molecule has 0 saturated carbocycles. The molecule has 0 atom stereocenters. The molecule has 0 radical (unpaired) electrons. The summed E-state index contributed by atoms with van der Waals surface area (Å²) in [6.07, 6.45) is 1.60. The summed E-state index contributed by atoms with van der Waals surface area (Å²) in [6, 6.07) is 0. The van der Waals surface area contributed by atoms with Gasteiger partial charge < -0.3 is 12.5 Å². The fourth-order valence-electron chi connectivity index (χ4n) is 0.258. The fourth-order valence-corrected chi connectivity index (χ4v) is 0.258. The fraction of sp³-hybridized carbons (Fsp3) is 0.400. The Bertz CT molecular complexity index is 99.6. The van der Waals surface area contributed by atoms with Gasteiger partial charge in [-0.2, -0.15) is 0 Å². The summed E-state index contributed by atoms with van der Waals surface area (Å²) >= 11 is 0. The second-order valence-corrected chi connectivity index (χ2v) is 1.30. The van der Waals surface area contributed by atoms with E-state index in [9.17, 15) is 4.79 Å². The predicted octanol–water partition coefficient (Wildman–Crippen LogP) is -3.64. The molecule has 0 unspecified atom stereocenters. The molecule has 0 aliphatic rings. The van der Waals surface area contributed by atoms with Crippen LogP contribution >= 0.6 is 0 Å². The van der Waals surface area contributed by atoms with Gasteiger partial charge in [-0.3, -0.25) is 4.79 Å². The zero-order valence-corrected chi connectivity index (χ0v) is 7.68. The van der Waals surface area contributed by atoms with Crippen molar-refractivity contribution in [1.29, 1.82) is 0 Å². The van der Waals surface area contributed by atoms with Crippen LogP contribution in [0.4, 0.5) is 0 Å². The van der Waals surface area contributed by atoms with E-state index in [1.54, 1.807) is 6.08 Å². The molecule has 3 N–H and O–H groups in total. The van der Waals surface area contributed by atoms with Crippen LogP contribution in [0, 0.1) is 0 Å². The van der Waals surface area contributed by atoms with E-state index >= 15 is 0 Å². The molecule has 0 aliphatic heterocycles. The molecule has 9 heavy (non-hydrogen) atoms. The minimum absolute atomic E-state index is 0. The van der Waals surface area contributed by atoms with Gasteiger partial charge in [0.25, 0.3) is 0 Å². The third-order valence-electron chi connectivity index (χ3n) is 0.629. The van der Waals surface area contributed by atoms with Gasteiger partial charge in [0.2, 0.25) is 5.91 Å². The van der Waals surface area contributed by atoms with Gasteiger partial charge in [0.1, 0.15) is 0 Å². The van der Waals surface area contributed by atoms with E-state index in [2.05, 4.69) is 11.9 Å². The van der Waals surface area contributed by atoms with Gasteiger partial charge in [-0.05, 0) is 0 Å². The molecule has 3 nitrogen and oxygen atoms in total. The van der Waals surface area contributed by atoms with E-state index in [1.165, 1.54) is 0 Å². The predicted molar refractivity (Wildman–Crippen MR) is 33.4 cm³/mol. The van der Waals surface area contributed by atoms with Crippen LogP contribution in [0.3, 0.4) is 0 Å². The van der Waals surface area contributed by atoms with Crippen LogP contribution in [0.25, 0.3) is 0 Å². The Labute approximate surface area is 78.5 Å². The maximum Gasteiger partial charge on any atom is 1.00 e. The summed E-state index contributed by atoms with van der Waals surface area (Å²) < 4.78 is 0. The van der Waals surface area contributed by atoms with Crippen molar-refractivity contribution in [2.24, 2.45) is 5.73 Å². The smallest absolute Gasteiger partial charge is 1.00 e. The Hall–Kier alpha value is 0.170. The van der Waals surface area contributed by atoms with E-state index in [1.807, 2.05) is 0 Å². The monoisotopic (exact) mass is 138 g/mol. The van der Waals surface area contributed by atoms with Crippen LogP contribution in [0.15, 0.2) is 12.7 Å². The first kappa shape index (κ1) is 11.9. The van der Waals surface area contributed by atoms with Crippen molar-refractivity contribution in [3.8, 4) is 0 Å². The molecule has 4 heteroatoms. The van der Waals surface area contributed by atoms with Crippen molar-refractivity contribution < 1.29 is 35.8 Å². The van der Waals surface area contributed by atoms with Crippen LogP contribution in [0.1, 0.15) is 1.43 Å². The molecule has 0 bridgehead atoms.